The Morgan fingerprint density at radius 2 is 2.29 bits per heavy atom. The fourth-order valence-corrected chi connectivity index (χ4v) is 3.54. The number of ether oxygens (including phenoxy) is 1. The molecule has 1 saturated heterocycles. The largest absolute Gasteiger partial charge is 0.373 e. The van der Waals surface area contributed by atoms with E-state index in [4.69, 9.17) is 10.00 Å². The highest BCUT2D eigenvalue weighted by Crippen LogP contribution is 2.20. The average Bonchev–Trinajstić information content (AvgIpc) is 3.15. The molecule has 0 spiro atoms. The van der Waals surface area contributed by atoms with Gasteiger partial charge in [-0.2, -0.15) is 5.26 Å². The van der Waals surface area contributed by atoms with Crippen LogP contribution in [0.2, 0.25) is 0 Å². The summed E-state index contributed by atoms with van der Waals surface area (Å²) < 4.78 is 5.73. The van der Waals surface area contributed by atoms with Crippen LogP contribution in [0.5, 0.6) is 0 Å². The van der Waals surface area contributed by atoms with E-state index in [0.29, 0.717) is 16.4 Å². The molecule has 0 bridgehead atoms. The number of rotatable bonds is 4. The van der Waals surface area contributed by atoms with E-state index in [1.165, 1.54) is 23.6 Å². The first-order valence-corrected chi connectivity index (χ1v) is 8.63. The molecule has 2 N–H and O–H groups in total. The molecule has 126 valence electrons. The Bertz CT molecular complexity index is 753. The van der Waals surface area contributed by atoms with Gasteiger partial charge in [0.2, 0.25) is 0 Å². The Morgan fingerprint density at radius 3 is 2.96 bits per heavy atom. The lowest BCUT2D eigenvalue weighted by Gasteiger charge is -2.34. The zero-order valence-electron chi connectivity index (χ0n) is 13.6. The third kappa shape index (κ3) is 4.00. The second kappa shape index (κ2) is 7.13. The summed E-state index contributed by atoms with van der Waals surface area (Å²) >= 11 is 1.40. The van der Waals surface area contributed by atoms with E-state index in [2.05, 4.69) is 34.0 Å². The summed E-state index contributed by atoms with van der Waals surface area (Å²) in [6.07, 6.45) is 1.95. The number of nitrogens with one attached hydrogen (secondary N) is 2. The average molecular weight is 345 g/mol. The van der Waals surface area contributed by atoms with Crippen LogP contribution in [0.25, 0.3) is 0 Å². The Balaban J connectivity index is 1.59. The molecule has 7 nitrogen and oxygen atoms in total. The van der Waals surface area contributed by atoms with Gasteiger partial charge in [0.25, 0.3) is 5.91 Å². The van der Waals surface area contributed by atoms with Crippen molar-refractivity contribution in [2.75, 3.05) is 18.4 Å². The number of carbonyl (C=O) groups excluding carboxylic acids is 1. The van der Waals surface area contributed by atoms with Crippen LogP contribution in [0.4, 0.5) is 5.13 Å². The molecule has 1 amide bonds. The molecule has 8 heteroatoms. The highest BCUT2D eigenvalue weighted by molar-refractivity contribution is 7.13. The monoisotopic (exact) mass is 345 g/mol. The maximum atomic E-state index is 12.1. The van der Waals surface area contributed by atoms with E-state index in [1.54, 1.807) is 0 Å². The number of hydrogen-bond donors (Lipinski definition) is 2. The summed E-state index contributed by atoms with van der Waals surface area (Å²) in [5.41, 5.74) is 1.71. The molecule has 1 fully saturated rings. The number of amides is 1. The lowest BCUT2D eigenvalue weighted by Crippen LogP contribution is -2.44. The van der Waals surface area contributed by atoms with Crippen LogP contribution in [0.1, 0.15) is 35.6 Å². The molecule has 0 aliphatic carbocycles. The fraction of sp³-hybridized carbons (Fsp3) is 0.438. The van der Waals surface area contributed by atoms with Gasteiger partial charge in [0, 0.05) is 31.2 Å². The van der Waals surface area contributed by atoms with Crippen molar-refractivity contribution in [1.82, 2.24) is 14.9 Å². The molecule has 0 unspecified atom stereocenters. The zero-order chi connectivity index (χ0) is 17.1. The standard InChI is InChI=1S/C16H19N5O2S/c1-10-6-21(7-11(2)23-10)8-14-9-24-16(19-14)20-15(22)12-3-13(4-17)18-5-12/h3,5,9-11,18H,6-8H2,1-2H3,(H,19,20,22)/t10-,11-/m0/s1. The summed E-state index contributed by atoms with van der Waals surface area (Å²) in [6.45, 7) is 6.64. The number of morpholine rings is 1. The van der Waals surface area contributed by atoms with Gasteiger partial charge in [-0.15, -0.1) is 11.3 Å². The number of carbonyl (C=O) groups is 1. The SMILES string of the molecule is C[C@H]1CN(Cc2csc(NC(=O)c3c[nH]c(C#N)c3)n2)C[C@H](C)O1. The molecule has 2 aromatic rings. The number of aromatic amines is 1. The van der Waals surface area contributed by atoms with Crippen LogP contribution in [-0.2, 0) is 11.3 Å². The number of hydrogen-bond acceptors (Lipinski definition) is 6. The summed E-state index contributed by atoms with van der Waals surface area (Å²) in [5.74, 6) is -0.276. The van der Waals surface area contributed by atoms with Gasteiger partial charge in [0.1, 0.15) is 11.8 Å². The predicted molar refractivity (Wildman–Crippen MR) is 90.9 cm³/mol. The van der Waals surface area contributed by atoms with Gasteiger partial charge in [-0.05, 0) is 19.9 Å². The molecular weight excluding hydrogens is 326 g/mol. The molecule has 0 saturated carbocycles. The quantitative estimate of drug-likeness (QED) is 0.886. The zero-order valence-corrected chi connectivity index (χ0v) is 14.4. The highest BCUT2D eigenvalue weighted by atomic mass is 32.1. The van der Waals surface area contributed by atoms with Gasteiger partial charge in [-0.1, -0.05) is 0 Å². The Hall–Kier alpha value is -2.21. The van der Waals surface area contributed by atoms with Gasteiger partial charge in [-0.3, -0.25) is 15.0 Å². The molecule has 3 heterocycles. The molecule has 1 aliphatic heterocycles. The van der Waals surface area contributed by atoms with Crippen LogP contribution in [-0.4, -0.2) is 46.1 Å². The number of aromatic nitrogens is 2. The lowest BCUT2D eigenvalue weighted by molar-refractivity contribution is -0.0707. The second-order valence-electron chi connectivity index (χ2n) is 5.96. The van der Waals surface area contributed by atoms with Gasteiger partial charge in [0.15, 0.2) is 5.13 Å². The van der Waals surface area contributed by atoms with Crippen molar-refractivity contribution in [1.29, 1.82) is 5.26 Å². The van der Waals surface area contributed by atoms with E-state index in [-0.39, 0.29) is 18.1 Å². The van der Waals surface area contributed by atoms with Crippen molar-refractivity contribution in [3.63, 3.8) is 0 Å². The van der Waals surface area contributed by atoms with E-state index in [9.17, 15) is 4.79 Å². The second-order valence-corrected chi connectivity index (χ2v) is 6.82. The first kappa shape index (κ1) is 16.6. The molecule has 1 aliphatic rings. The Labute approximate surface area is 144 Å². The van der Waals surface area contributed by atoms with E-state index in [0.717, 1.165) is 25.3 Å². The molecule has 3 rings (SSSR count). The fourth-order valence-electron chi connectivity index (χ4n) is 2.84. The summed E-state index contributed by atoms with van der Waals surface area (Å²) in [5, 5.41) is 14.1. The lowest BCUT2D eigenvalue weighted by atomic mass is 10.2. The Morgan fingerprint density at radius 1 is 1.54 bits per heavy atom. The molecule has 2 aromatic heterocycles. The number of nitrogens with zero attached hydrogens (tertiary/aromatic N) is 3. The maximum absolute atomic E-state index is 12.1. The third-order valence-electron chi connectivity index (χ3n) is 3.72. The third-order valence-corrected chi connectivity index (χ3v) is 4.53. The van der Waals surface area contributed by atoms with Crippen LogP contribution in [0.3, 0.4) is 0 Å². The minimum atomic E-state index is -0.276. The minimum Gasteiger partial charge on any atom is -0.373 e. The number of thiazole rings is 1. The van der Waals surface area contributed by atoms with Crippen LogP contribution in [0, 0.1) is 11.3 Å². The first-order valence-electron chi connectivity index (χ1n) is 7.75. The van der Waals surface area contributed by atoms with Gasteiger partial charge < -0.3 is 9.72 Å². The van der Waals surface area contributed by atoms with E-state index in [1.807, 2.05) is 11.4 Å². The van der Waals surface area contributed by atoms with Gasteiger partial charge in [0.05, 0.1) is 23.5 Å². The predicted octanol–water partition coefficient (Wildman–Crippen LogP) is 2.20. The van der Waals surface area contributed by atoms with E-state index >= 15 is 0 Å². The van der Waals surface area contributed by atoms with Crippen LogP contribution < -0.4 is 5.32 Å². The van der Waals surface area contributed by atoms with Gasteiger partial charge >= 0.3 is 0 Å². The van der Waals surface area contributed by atoms with Crippen molar-refractivity contribution < 1.29 is 9.53 Å². The molecule has 24 heavy (non-hydrogen) atoms. The van der Waals surface area contributed by atoms with Crippen molar-refractivity contribution in [2.24, 2.45) is 0 Å². The first-order chi connectivity index (χ1) is 11.5. The van der Waals surface area contributed by atoms with Crippen molar-refractivity contribution in [2.45, 2.75) is 32.6 Å². The topological polar surface area (TPSA) is 94.0 Å². The van der Waals surface area contributed by atoms with Crippen molar-refractivity contribution in [3.05, 3.63) is 34.6 Å². The maximum Gasteiger partial charge on any atom is 0.259 e. The number of H-pyrrole nitrogens is 1. The van der Waals surface area contributed by atoms with Crippen molar-refractivity contribution >= 4 is 22.4 Å². The van der Waals surface area contributed by atoms with Crippen molar-refractivity contribution in [3.8, 4) is 6.07 Å². The summed E-state index contributed by atoms with van der Waals surface area (Å²) in [7, 11) is 0. The Kier molecular flexibility index (Phi) is 4.94. The molecule has 0 radical (unpaired) electrons. The van der Waals surface area contributed by atoms with Crippen LogP contribution in [0.15, 0.2) is 17.6 Å². The molecule has 2 atom stereocenters. The summed E-state index contributed by atoms with van der Waals surface area (Å²) in [6, 6.07) is 3.47. The normalized spacial score (nSPS) is 21.4. The number of anilines is 1. The van der Waals surface area contributed by atoms with Gasteiger partial charge in [-0.25, -0.2) is 4.98 Å². The smallest absolute Gasteiger partial charge is 0.259 e. The molecular formula is C16H19N5O2S. The highest BCUT2D eigenvalue weighted by Gasteiger charge is 2.22. The van der Waals surface area contributed by atoms with Crippen LogP contribution >= 0.6 is 11.3 Å². The minimum absolute atomic E-state index is 0.217. The van der Waals surface area contributed by atoms with E-state index < -0.39 is 0 Å². The summed E-state index contributed by atoms with van der Waals surface area (Å²) in [4.78, 5) is 21.6. The number of nitriles is 1. The molecule has 0 aromatic carbocycles.